The summed E-state index contributed by atoms with van der Waals surface area (Å²) in [6.45, 7) is 0.436. The van der Waals surface area contributed by atoms with E-state index < -0.39 is 12.0 Å². The summed E-state index contributed by atoms with van der Waals surface area (Å²) in [6.07, 6.45) is 1.46. The number of nitrogens with zero attached hydrogens (tertiary/aromatic N) is 2. The van der Waals surface area contributed by atoms with Gasteiger partial charge in [0.1, 0.15) is 11.5 Å². The molecule has 0 atom stereocenters. The second kappa shape index (κ2) is 11.5. The topological polar surface area (TPSA) is 114 Å². The fourth-order valence-electron chi connectivity index (χ4n) is 2.61. The smallest absolute Gasteiger partial charge is 0.356 e. The molecule has 0 bridgehead atoms. The lowest BCUT2D eigenvalue weighted by Crippen LogP contribution is -2.44. The van der Waals surface area contributed by atoms with Gasteiger partial charge < -0.3 is 20.1 Å². The van der Waals surface area contributed by atoms with Crippen LogP contribution >= 0.6 is 11.6 Å². The highest BCUT2D eigenvalue weighted by atomic mass is 35.5. The number of pyridine rings is 1. The minimum Gasteiger partial charge on any atom is -0.464 e. The molecular weight excluding hydrogens is 446 g/mol. The van der Waals surface area contributed by atoms with Crippen LogP contribution in [0.1, 0.15) is 16.1 Å². The Morgan fingerprint density at radius 1 is 1.03 bits per heavy atom. The molecule has 0 spiro atoms. The van der Waals surface area contributed by atoms with Gasteiger partial charge in [-0.3, -0.25) is 5.32 Å². The zero-order valence-corrected chi connectivity index (χ0v) is 18.7. The third kappa shape index (κ3) is 7.22. The number of nitrogens with one attached hydrogen (secondary N) is 3. The van der Waals surface area contributed by atoms with Crippen molar-refractivity contribution in [1.82, 2.24) is 20.9 Å². The zero-order valence-electron chi connectivity index (χ0n) is 18.0. The molecule has 3 rings (SSSR count). The molecule has 0 unspecified atom stereocenters. The Hall–Kier alpha value is -4.11. The number of hydrogen-bond donors (Lipinski definition) is 3. The van der Waals surface area contributed by atoms with Gasteiger partial charge in [0.25, 0.3) is 0 Å². The molecule has 10 heteroatoms. The maximum absolute atomic E-state index is 11.8. The second-order valence-corrected chi connectivity index (χ2v) is 7.05. The number of carbonyl (C=O) groups excluding carboxylic acids is 2. The minimum absolute atomic E-state index is 0.146. The molecule has 2 amide bonds. The quantitative estimate of drug-likeness (QED) is 0.286. The van der Waals surface area contributed by atoms with Crippen molar-refractivity contribution in [2.24, 2.45) is 4.99 Å². The van der Waals surface area contributed by atoms with Crippen LogP contribution in [0.25, 0.3) is 0 Å². The predicted octanol–water partition coefficient (Wildman–Crippen LogP) is 4.02. The fourth-order valence-corrected chi connectivity index (χ4v) is 2.74. The number of carbonyl (C=O) groups is 2. The molecule has 3 N–H and O–H groups in total. The van der Waals surface area contributed by atoms with Gasteiger partial charge in [0.15, 0.2) is 5.69 Å². The maximum atomic E-state index is 11.8. The summed E-state index contributed by atoms with van der Waals surface area (Å²) in [5, 5.41) is 8.89. The van der Waals surface area contributed by atoms with Crippen molar-refractivity contribution in [3.05, 3.63) is 83.1 Å². The number of halogens is 1. The number of aliphatic imine (C=N–C) groups is 1. The summed E-state index contributed by atoms with van der Waals surface area (Å²) < 4.78 is 10.4. The Morgan fingerprint density at radius 2 is 1.76 bits per heavy atom. The van der Waals surface area contributed by atoms with Crippen LogP contribution in [0.3, 0.4) is 0 Å². The Kier molecular flexibility index (Phi) is 8.20. The van der Waals surface area contributed by atoms with Gasteiger partial charge in [0.2, 0.25) is 5.96 Å². The van der Waals surface area contributed by atoms with Crippen LogP contribution < -0.4 is 20.7 Å². The van der Waals surface area contributed by atoms with E-state index in [1.165, 1.54) is 26.4 Å². The van der Waals surface area contributed by atoms with Crippen molar-refractivity contribution in [3.63, 3.8) is 0 Å². The highest BCUT2D eigenvalue weighted by Gasteiger charge is 2.09. The van der Waals surface area contributed by atoms with E-state index in [9.17, 15) is 9.59 Å². The molecule has 170 valence electrons. The van der Waals surface area contributed by atoms with Crippen molar-refractivity contribution in [2.75, 3.05) is 14.2 Å². The summed E-state index contributed by atoms with van der Waals surface area (Å²) in [5.74, 6) is 0.696. The molecule has 0 fully saturated rings. The molecule has 9 nitrogen and oxygen atoms in total. The van der Waals surface area contributed by atoms with Crippen molar-refractivity contribution < 1.29 is 19.1 Å². The van der Waals surface area contributed by atoms with E-state index in [2.05, 4.69) is 30.7 Å². The van der Waals surface area contributed by atoms with Crippen molar-refractivity contribution in [2.45, 2.75) is 6.54 Å². The second-order valence-electron chi connectivity index (χ2n) is 6.61. The average molecular weight is 468 g/mol. The lowest BCUT2D eigenvalue weighted by atomic mass is 10.2. The normalized spacial score (nSPS) is 10.8. The number of guanidine groups is 1. The van der Waals surface area contributed by atoms with E-state index in [1.54, 1.807) is 42.5 Å². The molecule has 2 aromatic carbocycles. The summed E-state index contributed by atoms with van der Waals surface area (Å²) in [5.41, 5.74) is 1.70. The minimum atomic E-state index is -0.549. The Labute approximate surface area is 195 Å². The van der Waals surface area contributed by atoms with Crippen molar-refractivity contribution in [1.29, 1.82) is 0 Å². The number of amides is 2. The number of ether oxygens (including phenoxy) is 2. The van der Waals surface area contributed by atoms with Crippen LogP contribution in [-0.2, 0) is 11.3 Å². The SMILES string of the molecule is CNC(=O)N/C(=N\c1ccc(Oc2ccnc(C(=O)OC)c2)cc1)NCc1ccc(Cl)cc1. The van der Waals surface area contributed by atoms with Gasteiger partial charge in [-0.1, -0.05) is 23.7 Å². The van der Waals surface area contributed by atoms with Gasteiger partial charge in [0.05, 0.1) is 12.8 Å². The maximum Gasteiger partial charge on any atom is 0.356 e. The molecule has 0 aliphatic heterocycles. The lowest BCUT2D eigenvalue weighted by Gasteiger charge is -2.12. The molecule has 0 saturated heterocycles. The van der Waals surface area contributed by atoms with Gasteiger partial charge >= 0.3 is 12.0 Å². The van der Waals surface area contributed by atoms with Crippen LogP contribution in [-0.4, -0.2) is 37.1 Å². The van der Waals surface area contributed by atoms with E-state index in [1.807, 2.05) is 12.1 Å². The number of aromatic nitrogens is 1. The molecule has 0 aliphatic carbocycles. The predicted molar refractivity (Wildman–Crippen MR) is 125 cm³/mol. The summed E-state index contributed by atoms with van der Waals surface area (Å²) in [7, 11) is 2.80. The molecule has 33 heavy (non-hydrogen) atoms. The van der Waals surface area contributed by atoms with Crippen LogP contribution in [0.5, 0.6) is 11.5 Å². The third-order valence-corrected chi connectivity index (χ3v) is 4.52. The molecular formula is C23H22ClN5O4. The Bertz CT molecular complexity index is 1130. The standard InChI is InChI=1S/C23H22ClN5O4/c1-25-23(31)29-22(27-14-15-3-5-16(24)6-4-15)28-17-7-9-18(10-8-17)33-19-11-12-26-20(13-19)21(30)32-2/h3-13H,14H2,1-2H3,(H3,25,27,28,29,31). The summed E-state index contributed by atoms with van der Waals surface area (Å²) in [4.78, 5) is 31.8. The number of benzene rings is 2. The number of methoxy groups -OCH3 is 1. The van der Waals surface area contributed by atoms with E-state index >= 15 is 0 Å². The van der Waals surface area contributed by atoms with E-state index in [4.69, 9.17) is 16.3 Å². The first-order chi connectivity index (χ1) is 16.0. The highest BCUT2D eigenvalue weighted by Crippen LogP contribution is 2.24. The van der Waals surface area contributed by atoms with Crippen LogP contribution in [0.4, 0.5) is 10.5 Å². The molecule has 0 saturated carbocycles. The summed E-state index contributed by atoms with van der Waals surface area (Å²) in [6, 6.07) is 16.9. The van der Waals surface area contributed by atoms with Gasteiger partial charge in [-0.15, -0.1) is 0 Å². The first kappa shape index (κ1) is 23.6. The summed E-state index contributed by atoms with van der Waals surface area (Å²) >= 11 is 5.92. The van der Waals surface area contributed by atoms with Crippen LogP contribution in [0.15, 0.2) is 71.9 Å². The first-order valence-corrected chi connectivity index (χ1v) is 10.2. The third-order valence-electron chi connectivity index (χ3n) is 4.27. The van der Waals surface area contributed by atoms with Crippen LogP contribution in [0.2, 0.25) is 5.02 Å². The number of hydrogen-bond acceptors (Lipinski definition) is 6. The Morgan fingerprint density at radius 3 is 2.42 bits per heavy atom. The monoisotopic (exact) mass is 467 g/mol. The molecule has 0 radical (unpaired) electrons. The molecule has 1 heterocycles. The van der Waals surface area contributed by atoms with E-state index in [0.717, 1.165) is 5.56 Å². The van der Waals surface area contributed by atoms with Gasteiger partial charge in [0, 0.05) is 30.9 Å². The molecule has 1 aromatic heterocycles. The molecule has 0 aliphatic rings. The lowest BCUT2D eigenvalue weighted by molar-refractivity contribution is 0.0593. The van der Waals surface area contributed by atoms with E-state index in [-0.39, 0.29) is 11.7 Å². The van der Waals surface area contributed by atoms with Gasteiger partial charge in [-0.25, -0.2) is 19.6 Å². The first-order valence-electron chi connectivity index (χ1n) is 9.85. The average Bonchev–Trinajstić information content (AvgIpc) is 2.84. The Balaban J connectivity index is 1.71. The number of rotatable bonds is 6. The zero-order chi connectivity index (χ0) is 23.6. The van der Waals surface area contributed by atoms with Crippen molar-refractivity contribution >= 4 is 35.2 Å². The van der Waals surface area contributed by atoms with Crippen molar-refractivity contribution in [3.8, 4) is 11.5 Å². The van der Waals surface area contributed by atoms with E-state index in [0.29, 0.717) is 28.8 Å². The molecule has 3 aromatic rings. The van der Waals surface area contributed by atoms with Gasteiger partial charge in [-0.05, 0) is 48.0 Å². The number of esters is 1. The van der Waals surface area contributed by atoms with Crippen LogP contribution in [0, 0.1) is 0 Å². The largest absolute Gasteiger partial charge is 0.464 e. The number of urea groups is 1. The van der Waals surface area contributed by atoms with Gasteiger partial charge in [-0.2, -0.15) is 0 Å². The highest BCUT2D eigenvalue weighted by molar-refractivity contribution is 6.30. The fraction of sp³-hybridized carbons (Fsp3) is 0.130.